The highest BCUT2D eigenvalue weighted by atomic mass is 79.9. The summed E-state index contributed by atoms with van der Waals surface area (Å²) in [7, 11) is 0. The van der Waals surface area contributed by atoms with E-state index in [0.717, 1.165) is 28.6 Å². The molecule has 0 saturated carbocycles. The fraction of sp³-hybridized carbons (Fsp3) is 0.500. The van der Waals surface area contributed by atoms with Crippen LogP contribution in [-0.2, 0) is 4.74 Å². The number of nitrogens with two attached hydrogens (primary N) is 1. The van der Waals surface area contributed by atoms with Gasteiger partial charge in [0.05, 0.1) is 17.8 Å². The molecule has 104 valence electrons. The quantitative estimate of drug-likeness (QED) is 0.854. The summed E-state index contributed by atoms with van der Waals surface area (Å²) in [6.45, 7) is 4.14. The Labute approximate surface area is 127 Å². The molecular formula is C14H18BrNO2S. The molecule has 1 heterocycles. The average molecular weight is 344 g/mol. The van der Waals surface area contributed by atoms with Crippen molar-refractivity contribution in [1.82, 2.24) is 0 Å². The van der Waals surface area contributed by atoms with Crippen LogP contribution < -0.4 is 10.5 Å². The van der Waals surface area contributed by atoms with Gasteiger partial charge in [-0.2, -0.15) is 0 Å². The van der Waals surface area contributed by atoms with E-state index in [0.29, 0.717) is 4.99 Å². The Morgan fingerprint density at radius 3 is 2.58 bits per heavy atom. The van der Waals surface area contributed by atoms with Gasteiger partial charge in [-0.15, -0.1) is 0 Å². The van der Waals surface area contributed by atoms with Crippen molar-refractivity contribution in [3.63, 3.8) is 0 Å². The van der Waals surface area contributed by atoms with E-state index in [1.54, 1.807) is 0 Å². The van der Waals surface area contributed by atoms with Crippen molar-refractivity contribution in [3.05, 3.63) is 28.2 Å². The molecule has 0 spiro atoms. The topological polar surface area (TPSA) is 44.5 Å². The van der Waals surface area contributed by atoms with Crippen LogP contribution in [0.4, 0.5) is 0 Å². The number of rotatable bonds is 3. The lowest BCUT2D eigenvalue weighted by atomic mass is 10.0. The van der Waals surface area contributed by atoms with Gasteiger partial charge in [-0.1, -0.05) is 28.1 Å². The second-order valence-corrected chi connectivity index (χ2v) is 6.33. The fourth-order valence-corrected chi connectivity index (χ4v) is 2.93. The van der Waals surface area contributed by atoms with Crippen LogP contribution in [0, 0.1) is 0 Å². The molecule has 0 aromatic heterocycles. The molecule has 1 aromatic carbocycles. The molecule has 0 radical (unpaired) electrons. The second-order valence-electron chi connectivity index (χ2n) is 4.97. The molecule has 5 heteroatoms. The van der Waals surface area contributed by atoms with Gasteiger partial charge < -0.3 is 15.2 Å². The highest BCUT2D eigenvalue weighted by Gasteiger charge is 2.26. The normalized spacial score (nSPS) is 27.0. The smallest absolute Gasteiger partial charge is 0.131 e. The van der Waals surface area contributed by atoms with Crippen LogP contribution in [0.5, 0.6) is 5.75 Å². The van der Waals surface area contributed by atoms with Gasteiger partial charge in [0.2, 0.25) is 0 Å². The van der Waals surface area contributed by atoms with Gasteiger partial charge in [0.25, 0.3) is 0 Å². The van der Waals surface area contributed by atoms with Crippen LogP contribution in [-0.4, -0.2) is 23.3 Å². The maximum absolute atomic E-state index is 6.09. The lowest BCUT2D eigenvalue weighted by molar-refractivity contribution is -0.0721. The molecule has 2 unspecified atom stereocenters. The predicted octanol–water partition coefficient (Wildman–Crippen LogP) is 3.42. The molecule has 19 heavy (non-hydrogen) atoms. The van der Waals surface area contributed by atoms with Gasteiger partial charge in [-0.25, -0.2) is 0 Å². The molecule has 1 aliphatic heterocycles. The molecule has 2 rings (SSSR count). The number of halogens is 1. The van der Waals surface area contributed by atoms with Gasteiger partial charge in [0.1, 0.15) is 16.8 Å². The largest absolute Gasteiger partial charge is 0.489 e. The van der Waals surface area contributed by atoms with Crippen molar-refractivity contribution >= 4 is 33.1 Å². The third kappa shape index (κ3) is 3.91. The van der Waals surface area contributed by atoms with Crippen molar-refractivity contribution < 1.29 is 9.47 Å². The summed E-state index contributed by atoms with van der Waals surface area (Å²) in [6, 6.07) is 5.71. The molecule has 2 atom stereocenters. The zero-order valence-electron chi connectivity index (χ0n) is 11.1. The summed E-state index contributed by atoms with van der Waals surface area (Å²) in [5, 5.41) is 0. The van der Waals surface area contributed by atoms with Gasteiger partial charge in [-0.05, 0) is 32.0 Å². The van der Waals surface area contributed by atoms with Crippen LogP contribution in [0.15, 0.2) is 22.7 Å². The average Bonchev–Trinajstić information content (AvgIpc) is 2.26. The molecule has 3 nitrogen and oxygen atoms in total. The molecular weight excluding hydrogens is 326 g/mol. The number of benzene rings is 1. The Kier molecular flexibility index (Phi) is 4.81. The number of thiocarbonyl (C=S) groups is 1. The van der Waals surface area contributed by atoms with Gasteiger partial charge in [0.15, 0.2) is 0 Å². The monoisotopic (exact) mass is 343 g/mol. The SMILES string of the molecule is CC1CC(Oc2cc(Br)ccc2C(N)=S)CC(C)O1. The minimum atomic E-state index is 0.140. The number of hydrogen-bond acceptors (Lipinski definition) is 3. The first kappa shape index (κ1) is 14.8. The Bertz CT molecular complexity index is 471. The summed E-state index contributed by atoms with van der Waals surface area (Å²) < 4.78 is 12.8. The molecule has 2 N–H and O–H groups in total. The zero-order chi connectivity index (χ0) is 14.0. The standard InChI is InChI=1S/C14H18BrNO2S/c1-8-5-11(6-9(2)17-8)18-13-7-10(15)3-4-12(13)14(16)19/h3-4,7-9,11H,5-6H2,1-2H3,(H2,16,19). The lowest BCUT2D eigenvalue weighted by Gasteiger charge is -2.32. The van der Waals surface area contributed by atoms with Crippen molar-refractivity contribution in [2.24, 2.45) is 5.73 Å². The van der Waals surface area contributed by atoms with E-state index in [2.05, 4.69) is 29.8 Å². The Balaban J connectivity index is 2.18. The Morgan fingerprint density at radius 2 is 2.00 bits per heavy atom. The lowest BCUT2D eigenvalue weighted by Crippen LogP contribution is -2.36. The summed E-state index contributed by atoms with van der Waals surface area (Å²) >= 11 is 8.51. The second kappa shape index (κ2) is 6.20. The predicted molar refractivity (Wildman–Crippen MR) is 83.7 cm³/mol. The van der Waals surface area contributed by atoms with Crippen LogP contribution >= 0.6 is 28.1 Å². The molecule has 0 amide bonds. The van der Waals surface area contributed by atoms with E-state index < -0.39 is 0 Å². The molecule has 1 fully saturated rings. The van der Waals surface area contributed by atoms with Crippen molar-refractivity contribution in [2.75, 3.05) is 0 Å². The van der Waals surface area contributed by atoms with Crippen molar-refractivity contribution in [3.8, 4) is 5.75 Å². The maximum atomic E-state index is 6.09. The first-order valence-corrected chi connectivity index (χ1v) is 7.57. The van der Waals surface area contributed by atoms with Crippen LogP contribution in [0.1, 0.15) is 32.3 Å². The zero-order valence-corrected chi connectivity index (χ0v) is 13.5. The summed E-state index contributed by atoms with van der Waals surface area (Å²) in [4.78, 5) is 0.357. The minimum absolute atomic E-state index is 0.140. The minimum Gasteiger partial charge on any atom is -0.489 e. The van der Waals surface area contributed by atoms with Crippen molar-refractivity contribution in [1.29, 1.82) is 0 Å². The highest BCUT2D eigenvalue weighted by molar-refractivity contribution is 9.10. The molecule has 0 aliphatic carbocycles. The molecule has 1 saturated heterocycles. The van der Waals surface area contributed by atoms with E-state index in [9.17, 15) is 0 Å². The molecule has 0 bridgehead atoms. The number of ether oxygens (including phenoxy) is 2. The third-order valence-electron chi connectivity index (χ3n) is 3.16. The van der Waals surface area contributed by atoms with E-state index in [1.807, 2.05) is 18.2 Å². The van der Waals surface area contributed by atoms with Crippen molar-refractivity contribution in [2.45, 2.75) is 45.0 Å². The Hall–Kier alpha value is -0.650. The third-order valence-corrected chi connectivity index (χ3v) is 3.87. The van der Waals surface area contributed by atoms with E-state index in [1.165, 1.54) is 0 Å². The van der Waals surface area contributed by atoms with Crippen LogP contribution in [0.25, 0.3) is 0 Å². The van der Waals surface area contributed by atoms with Gasteiger partial charge in [0, 0.05) is 17.3 Å². The van der Waals surface area contributed by atoms with Crippen LogP contribution in [0.3, 0.4) is 0 Å². The summed E-state index contributed by atoms with van der Waals surface area (Å²) in [5.74, 6) is 0.744. The van der Waals surface area contributed by atoms with E-state index >= 15 is 0 Å². The summed E-state index contributed by atoms with van der Waals surface area (Å²) in [5.41, 5.74) is 6.52. The molecule has 1 aliphatic rings. The first-order chi connectivity index (χ1) is 8.95. The Morgan fingerprint density at radius 1 is 1.37 bits per heavy atom. The number of hydrogen-bond donors (Lipinski definition) is 1. The maximum Gasteiger partial charge on any atom is 0.131 e. The molecule has 1 aromatic rings. The summed E-state index contributed by atoms with van der Waals surface area (Å²) in [6.07, 6.45) is 2.34. The highest BCUT2D eigenvalue weighted by Crippen LogP contribution is 2.29. The van der Waals surface area contributed by atoms with Gasteiger partial charge >= 0.3 is 0 Å². The van der Waals surface area contributed by atoms with E-state index in [4.69, 9.17) is 27.4 Å². The van der Waals surface area contributed by atoms with Crippen LogP contribution in [0.2, 0.25) is 0 Å². The fourth-order valence-electron chi connectivity index (χ4n) is 2.42. The van der Waals surface area contributed by atoms with E-state index in [-0.39, 0.29) is 18.3 Å². The first-order valence-electron chi connectivity index (χ1n) is 6.37. The van der Waals surface area contributed by atoms with Gasteiger partial charge in [-0.3, -0.25) is 0 Å².